The van der Waals surface area contributed by atoms with Crippen LogP contribution in [0.1, 0.15) is 31.9 Å². The maximum atomic E-state index is 8.61. The van der Waals surface area contributed by atoms with Gasteiger partial charge in [-0.05, 0) is 47.1 Å². The smallest absolute Gasteiger partial charge is 0.0640 e. The summed E-state index contributed by atoms with van der Waals surface area (Å²) in [5.74, 6) is 0. The fourth-order valence-corrected chi connectivity index (χ4v) is 2.56. The van der Waals surface area contributed by atoms with Crippen LogP contribution in [0, 0.1) is 11.3 Å². The molecule has 1 aromatic carbocycles. The van der Waals surface area contributed by atoms with Crippen molar-refractivity contribution in [3.05, 3.63) is 28.2 Å². The highest BCUT2D eigenvalue weighted by atomic mass is 79.9. The van der Waals surface area contributed by atoms with Gasteiger partial charge in [-0.15, -0.1) is 0 Å². The van der Waals surface area contributed by atoms with Crippen molar-refractivity contribution < 1.29 is 0 Å². The Labute approximate surface area is 118 Å². The number of hydrogen-bond donors (Lipinski definition) is 1. The molecular weight excluding hydrogens is 290 g/mol. The van der Waals surface area contributed by atoms with Crippen LogP contribution in [0.4, 0.5) is 5.69 Å². The van der Waals surface area contributed by atoms with Gasteiger partial charge in [0.1, 0.15) is 0 Å². The summed E-state index contributed by atoms with van der Waals surface area (Å²) in [4.78, 5) is 2.09. The quantitative estimate of drug-likeness (QED) is 0.874. The zero-order valence-corrected chi connectivity index (χ0v) is 12.8. The Morgan fingerprint density at radius 2 is 2.22 bits per heavy atom. The van der Waals surface area contributed by atoms with E-state index in [1.807, 2.05) is 7.05 Å². The van der Waals surface area contributed by atoms with Gasteiger partial charge in [0.05, 0.1) is 18.2 Å². The third-order valence-electron chi connectivity index (χ3n) is 2.95. The number of halogens is 1. The fraction of sp³-hybridized carbons (Fsp3) is 0.500. The van der Waals surface area contributed by atoms with Crippen molar-refractivity contribution in [3.63, 3.8) is 0 Å². The standard InChI is InChI=1S/C14H20BrN3/c1-4-17-11(2)12-6-7-14(13(15)10-12)18(3)9-5-8-16/h6-7,10-11,17H,4-5,9H2,1-3H3. The second kappa shape index (κ2) is 7.40. The Bertz CT molecular complexity index is 426. The maximum Gasteiger partial charge on any atom is 0.0640 e. The van der Waals surface area contributed by atoms with Gasteiger partial charge in [-0.3, -0.25) is 0 Å². The van der Waals surface area contributed by atoms with Gasteiger partial charge in [-0.25, -0.2) is 0 Å². The van der Waals surface area contributed by atoms with Crippen molar-refractivity contribution in [2.75, 3.05) is 25.0 Å². The van der Waals surface area contributed by atoms with E-state index in [2.05, 4.69) is 64.3 Å². The van der Waals surface area contributed by atoms with Crippen LogP contribution in [0.3, 0.4) is 0 Å². The minimum Gasteiger partial charge on any atom is -0.373 e. The van der Waals surface area contributed by atoms with Crippen LogP contribution in [0.2, 0.25) is 0 Å². The Hall–Kier alpha value is -1.05. The highest BCUT2D eigenvalue weighted by Gasteiger charge is 2.09. The molecule has 18 heavy (non-hydrogen) atoms. The van der Waals surface area contributed by atoms with Crippen LogP contribution in [0.15, 0.2) is 22.7 Å². The molecule has 0 aliphatic carbocycles. The number of benzene rings is 1. The molecule has 98 valence electrons. The van der Waals surface area contributed by atoms with Crippen molar-refractivity contribution in [1.29, 1.82) is 5.26 Å². The summed E-state index contributed by atoms with van der Waals surface area (Å²) >= 11 is 3.61. The van der Waals surface area contributed by atoms with Gasteiger partial charge in [0.15, 0.2) is 0 Å². The van der Waals surface area contributed by atoms with Crippen LogP contribution in [0.25, 0.3) is 0 Å². The lowest BCUT2D eigenvalue weighted by Gasteiger charge is -2.21. The average Bonchev–Trinajstić information content (AvgIpc) is 2.36. The number of rotatable bonds is 6. The zero-order chi connectivity index (χ0) is 13.5. The third kappa shape index (κ3) is 4.01. The van der Waals surface area contributed by atoms with Crippen LogP contribution in [0.5, 0.6) is 0 Å². The number of nitrogens with zero attached hydrogens (tertiary/aromatic N) is 2. The van der Waals surface area contributed by atoms with E-state index in [4.69, 9.17) is 5.26 Å². The predicted molar refractivity (Wildman–Crippen MR) is 79.7 cm³/mol. The Balaban J connectivity index is 2.82. The second-order valence-corrected chi connectivity index (χ2v) is 5.17. The van der Waals surface area contributed by atoms with Crippen molar-refractivity contribution in [2.45, 2.75) is 26.3 Å². The van der Waals surface area contributed by atoms with Gasteiger partial charge in [0.2, 0.25) is 0 Å². The molecule has 0 saturated heterocycles. The van der Waals surface area contributed by atoms with Gasteiger partial charge in [-0.2, -0.15) is 5.26 Å². The largest absolute Gasteiger partial charge is 0.373 e. The molecule has 0 radical (unpaired) electrons. The summed E-state index contributed by atoms with van der Waals surface area (Å²) in [5.41, 5.74) is 2.39. The molecule has 0 aliphatic heterocycles. The molecule has 0 fully saturated rings. The SMILES string of the molecule is CCNC(C)c1ccc(N(C)CCC#N)c(Br)c1. The average molecular weight is 310 g/mol. The lowest BCUT2D eigenvalue weighted by Crippen LogP contribution is -2.20. The molecule has 0 aromatic heterocycles. The normalized spacial score (nSPS) is 11.9. The first-order chi connectivity index (χ1) is 8.60. The highest BCUT2D eigenvalue weighted by molar-refractivity contribution is 9.10. The van der Waals surface area contributed by atoms with Crippen molar-refractivity contribution >= 4 is 21.6 Å². The van der Waals surface area contributed by atoms with Gasteiger partial charge >= 0.3 is 0 Å². The number of hydrogen-bond acceptors (Lipinski definition) is 3. The van der Waals surface area contributed by atoms with Crippen LogP contribution < -0.4 is 10.2 Å². The fourth-order valence-electron chi connectivity index (χ4n) is 1.86. The molecule has 4 heteroatoms. The zero-order valence-electron chi connectivity index (χ0n) is 11.2. The van der Waals surface area contributed by atoms with E-state index in [1.165, 1.54) is 5.56 Å². The van der Waals surface area contributed by atoms with E-state index in [1.54, 1.807) is 0 Å². The summed E-state index contributed by atoms with van der Waals surface area (Å²) in [6.07, 6.45) is 0.540. The van der Waals surface area contributed by atoms with E-state index in [0.717, 1.165) is 23.2 Å². The molecule has 1 aromatic rings. The van der Waals surface area contributed by atoms with Crippen molar-refractivity contribution in [1.82, 2.24) is 5.32 Å². The molecule has 0 aliphatic rings. The molecule has 3 nitrogen and oxygen atoms in total. The van der Waals surface area contributed by atoms with E-state index in [9.17, 15) is 0 Å². The lowest BCUT2D eigenvalue weighted by atomic mass is 10.1. The van der Waals surface area contributed by atoms with Crippen molar-refractivity contribution in [2.24, 2.45) is 0 Å². The first kappa shape index (κ1) is 15.0. The van der Waals surface area contributed by atoms with E-state index >= 15 is 0 Å². The van der Waals surface area contributed by atoms with Gasteiger partial charge in [-0.1, -0.05) is 13.0 Å². The van der Waals surface area contributed by atoms with E-state index in [-0.39, 0.29) is 0 Å². The molecule has 0 bridgehead atoms. The first-order valence-corrected chi connectivity index (χ1v) is 7.00. The monoisotopic (exact) mass is 309 g/mol. The summed E-state index contributed by atoms with van der Waals surface area (Å²) in [6, 6.07) is 8.90. The Morgan fingerprint density at radius 3 is 2.78 bits per heavy atom. The number of anilines is 1. The Kier molecular flexibility index (Phi) is 6.17. The molecule has 1 rings (SSSR count). The summed E-state index contributed by atoms with van der Waals surface area (Å²) in [6.45, 7) is 5.97. The predicted octanol–water partition coefficient (Wildman–Crippen LogP) is 3.47. The summed E-state index contributed by atoms with van der Waals surface area (Å²) in [7, 11) is 2.00. The molecule has 1 atom stereocenters. The summed E-state index contributed by atoms with van der Waals surface area (Å²) in [5, 5.41) is 12.0. The molecule has 0 heterocycles. The number of nitrogens with one attached hydrogen (secondary N) is 1. The third-order valence-corrected chi connectivity index (χ3v) is 3.59. The van der Waals surface area contributed by atoms with Crippen LogP contribution >= 0.6 is 15.9 Å². The van der Waals surface area contributed by atoms with Gasteiger partial charge < -0.3 is 10.2 Å². The summed E-state index contributed by atoms with van der Waals surface area (Å²) < 4.78 is 1.07. The minimum atomic E-state index is 0.352. The second-order valence-electron chi connectivity index (χ2n) is 4.32. The number of nitriles is 1. The van der Waals surface area contributed by atoms with Crippen LogP contribution in [-0.2, 0) is 0 Å². The van der Waals surface area contributed by atoms with Gasteiger partial charge in [0.25, 0.3) is 0 Å². The van der Waals surface area contributed by atoms with Crippen LogP contribution in [-0.4, -0.2) is 20.1 Å². The topological polar surface area (TPSA) is 39.1 Å². The first-order valence-electron chi connectivity index (χ1n) is 6.21. The molecular formula is C14H20BrN3. The maximum absolute atomic E-state index is 8.61. The van der Waals surface area contributed by atoms with Crippen molar-refractivity contribution in [3.8, 4) is 6.07 Å². The minimum absolute atomic E-state index is 0.352. The molecule has 0 spiro atoms. The molecule has 1 N–H and O–H groups in total. The Morgan fingerprint density at radius 1 is 1.50 bits per heavy atom. The molecule has 0 amide bonds. The highest BCUT2D eigenvalue weighted by Crippen LogP contribution is 2.28. The van der Waals surface area contributed by atoms with E-state index < -0.39 is 0 Å². The molecule has 1 unspecified atom stereocenters. The van der Waals surface area contributed by atoms with E-state index in [0.29, 0.717) is 12.5 Å². The van der Waals surface area contributed by atoms with Gasteiger partial charge in [0, 0.05) is 24.1 Å². The molecule has 0 saturated carbocycles. The lowest BCUT2D eigenvalue weighted by molar-refractivity contribution is 0.598.